The van der Waals surface area contributed by atoms with Gasteiger partial charge in [-0.05, 0) is 48.1 Å². The number of aryl methyl sites for hydroxylation is 1. The van der Waals surface area contributed by atoms with Crippen molar-refractivity contribution < 1.29 is 28.8 Å². The molecule has 0 bridgehead atoms. The molecule has 2 aromatic carbocycles. The highest BCUT2D eigenvalue weighted by Crippen LogP contribution is 2.34. The lowest BCUT2D eigenvalue weighted by atomic mass is 9.84. The second-order valence-corrected chi connectivity index (χ2v) is 10.8. The molecule has 0 unspecified atom stereocenters. The summed E-state index contributed by atoms with van der Waals surface area (Å²) in [7, 11) is 3.33. The van der Waals surface area contributed by atoms with Gasteiger partial charge in [0.25, 0.3) is 0 Å². The highest BCUT2D eigenvalue weighted by atomic mass is 16.5. The number of aliphatic hydroxyl groups is 1. The lowest BCUT2D eigenvalue weighted by Gasteiger charge is -2.39. The van der Waals surface area contributed by atoms with Gasteiger partial charge in [-0.15, -0.1) is 0 Å². The molecule has 2 aliphatic rings. The predicted molar refractivity (Wildman–Crippen MR) is 158 cm³/mol. The summed E-state index contributed by atoms with van der Waals surface area (Å²) >= 11 is 0. The SMILES string of the molecule is CCCCc1ccc([C@@H]2[C@@H](OCc3ccc4c(c3)N(CCCOC)CCO4)CNC[C@H]2OC[C@H](O)COC)cc1. The van der Waals surface area contributed by atoms with Crippen LogP contribution in [0.4, 0.5) is 5.69 Å². The highest BCUT2D eigenvalue weighted by Gasteiger charge is 2.36. The first-order chi connectivity index (χ1) is 19.6. The molecule has 8 nitrogen and oxygen atoms in total. The van der Waals surface area contributed by atoms with Crippen LogP contribution in [0.2, 0.25) is 0 Å². The number of nitrogens with one attached hydrogen (secondary N) is 1. The van der Waals surface area contributed by atoms with Gasteiger partial charge >= 0.3 is 0 Å². The number of fused-ring (bicyclic) bond motifs is 1. The highest BCUT2D eigenvalue weighted by molar-refractivity contribution is 5.61. The first-order valence-corrected chi connectivity index (χ1v) is 14.8. The van der Waals surface area contributed by atoms with Crippen molar-refractivity contribution in [2.45, 2.75) is 63.4 Å². The number of rotatable bonds is 16. The van der Waals surface area contributed by atoms with Crippen molar-refractivity contribution in [3.05, 3.63) is 59.2 Å². The van der Waals surface area contributed by atoms with Crippen molar-refractivity contribution in [2.24, 2.45) is 0 Å². The van der Waals surface area contributed by atoms with E-state index in [4.69, 9.17) is 23.7 Å². The molecule has 2 N–H and O–H groups in total. The van der Waals surface area contributed by atoms with Gasteiger partial charge in [0.1, 0.15) is 18.5 Å². The Hall–Kier alpha value is -2.20. The molecule has 8 heteroatoms. The number of benzene rings is 2. The molecule has 40 heavy (non-hydrogen) atoms. The number of piperidine rings is 1. The summed E-state index contributed by atoms with van der Waals surface area (Å²) < 4.78 is 29.2. The van der Waals surface area contributed by atoms with E-state index >= 15 is 0 Å². The largest absolute Gasteiger partial charge is 0.490 e. The van der Waals surface area contributed by atoms with Gasteiger partial charge in [0.05, 0.1) is 44.3 Å². The number of unbranched alkanes of at least 4 members (excludes halogenated alkanes) is 1. The normalized spacial score (nSPS) is 21.6. The molecule has 2 aliphatic heterocycles. The van der Waals surface area contributed by atoms with Gasteiger partial charge < -0.3 is 39.0 Å². The molecule has 2 aromatic rings. The van der Waals surface area contributed by atoms with Crippen LogP contribution in [0.25, 0.3) is 0 Å². The van der Waals surface area contributed by atoms with E-state index in [-0.39, 0.29) is 31.3 Å². The Labute approximate surface area is 239 Å². The van der Waals surface area contributed by atoms with E-state index in [1.807, 2.05) is 0 Å². The zero-order valence-electron chi connectivity index (χ0n) is 24.5. The van der Waals surface area contributed by atoms with Gasteiger partial charge in [0, 0.05) is 46.4 Å². The van der Waals surface area contributed by atoms with Crippen LogP contribution in [0.15, 0.2) is 42.5 Å². The topological polar surface area (TPSA) is 81.7 Å². The minimum atomic E-state index is -0.659. The van der Waals surface area contributed by atoms with Gasteiger partial charge in [-0.25, -0.2) is 0 Å². The maximum absolute atomic E-state index is 10.2. The molecular formula is C32H48N2O6. The number of nitrogens with zero attached hydrogens (tertiary/aromatic N) is 1. The molecule has 4 atom stereocenters. The standard InChI is InChI=1S/C32H48N2O6/c1-4-5-7-24-8-11-26(12-9-24)32-30(19-33-20-31(32)40-23-27(35)22-37-3)39-21-25-10-13-29-28(18-25)34(15-17-38-29)14-6-16-36-2/h8-13,18,27,30-33,35H,4-7,14-17,19-23H2,1-3H3/t27-,30+,31-,32-/m1/s1. The summed E-state index contributed by atoms with van der Waals surface area (Å²) in [6, 6.07) is 15.3. The molecule has 2 heterocycles. The number of hydrogen-bond acceptors (Lipinski definition) is 8. The summed E-state index contributed by atoms with van der Waals surface area (Å²) in [5.41, 5.74) is 4.81. The molecule has 222 valence electrons. The van der Waals surface area contributed by atoms with Gasteiger partial charge in [0.15, 0.2) is 0 Å². The van der Waals surface area contributed by atoms with Gasteiger partial charge in [-0.1, -0.05) is 43.7 Å². The molecule has 0 aliphatic carbocycles. The number of methoxy groups -OCH3 is 2. The third-order valence-corrected chi connectivity index (χ3v) is 7.76. The first-order valence-electron chi connectivity index (χ1n) is 14.8. The summed E-state index contributed by atoms with van der Waals surface area (Å²) in [6.45, 7) is 7.88. The monoisotopic (exact) mass is 556 g/mol. The van der Waals surface area contributed by atoms with Crippen molar-refractivity contribution in [1.82, 2.24) is 5.32 Å². The first kappa shape index (κ1) is 30.8. The van der Waals surface area contributed by atoms with Crippen LogP contribution in [0.5, 0.6) is 5.75 Å². The average molecular weight is 557 g/mol. The van der Waals surface area contributed by atoms with Gasteiger partial charge in [-0.2, -0.15) is 0 Å². The van der Waals surface area contributed by atoms with Crippen molar-refractivity contribution in [3.63, 3.8) is 0 Å². The molecule has 4 rings (SSSR count). The lowest BCUT2D eigenvalue weighted by Crippen LogP contribution is -2.51. The number of hydrogen-bond donors (Lipinski definition) is 2. The quantitative estimate of drug-likeness (QED) is 0.301. The van der Waals surface area contributed by atoms with Crippen LogP contribution in [-0.2, 0) is 32.0 Å². The summed E-state index contributed by atoms with van der Waals surface area (Å²) in [4.78, 5) is 2.38. The zero-order chi connectivity index (χ0) is 28.2. The third-order valence-electron chi connectivity index (χ3n) is 7.76. The van der Waals surface area contributed by atoms with E-state index in [1.54, 1.807) is 14.2 Å². The Balaban J connectivity index is 1.48. The zero-order valence-corrected chi connectivity index (χ0v) is 24.5. The van der Waals surface area contributed by atoms with Gasteiger partial charge in [-0.3, -0.25) is 0 Å². The van der Waals surface area contributed by atoms with Crippen LogP contribution in [0, 0.1) is 0 Å². The summed E-state index contributed by atoms with van der Waals surface area (Å²) in [5, 5.41) is 13.7. The second kappa shape index (κ2) is 16.3. The Bertz CT molecular complexity index is 1000. The predicted octanol–water partition coefficient (Wildman–Crippen LogP) is 3.93. The number of aliphatic hydroxyl groups excluding tert-OH is 1. The van der Waals surface area contributed by atoms with E-state index < -0.39 is 6.10 Å². The van der Waals surface area contributed by atoms with Crippen molar-refractivity contribution in [3.8, 4) is 5.75 Å². The fraction of sp³-hybridized carbons (Fsp3) is 0.625. The molecule has 0 spiro atoms. The molecular weight excluding hydrogens is 508 g/mol. The smallest absolute Gasteiger partial charge is 0.142 e. The number of ether oxygens (including phenoxy) is 5. The summed E-state index contributed by atoms with van der Waals surface area (Å²) in [5.74, 6) is 0.971. The molecule has 0 radical (unpaired) electrons. The third kappa shape index (κ3) is 8.65. The van der Waals surface area contributed by atoms with E-state index in [1.165, 1.54) is 24.0 Å². The fourth-order valence-corrected chi connectivity index (χ4v) is 5.62. The maximum atomic E-state index is 10.2. The maximum Gasteiger partial charge on any atom is 0.142 e. The number of anilines is 1. The van der Waals surface area contributed by atoms with Crippen molar-refractivity contribution >= 4 is 5.69 Å². The minimum absolute atomic E-state index is 0.0442. The van der Waals surface area contributed by atoms with Crippen LogP contribution in [-0.4, -0.2) is 90.2 Å². The van der Waals surface area contributed by atoms with Crippen LogP contribution < -0.4 is 15.0 Å². The Morgan fingerprint density at radius 3 is 2.50 bits per heavy atom. The Morgan fingerprint density at radius 2 is 1.75 bits per heavy atom. The van der Waals surface area contributed by atoms with Crippen molar-refractivity contribution in [2.75, 3.05) is 71.7 Å². The van der Waals surface area contributed by atoms with Crippen LogP contribution in [0.1, 0.15) is 48.8 Å². The van der Waals surface area contributed by atoms with Crippen molar-refractivity contribution in [1.29, 1.82) is 0 Å². The van der Waals surface area contributed by atoms with E-state index in [0.717, 1.165) is 56.1 Å². The molecule has 1 saturated heterocycles. The average Bonchev–Trinajstić information content (AvgIpc) is 2.98. The molecule has 0 aromatic heterocycles. The van der Waals surface area contributed by atoms with Crippen LogP contribution >= 0.6 is 0 Å². The lowest BCUT2D eigenvalue weighted by molar-refractivity contribution is -0.0856. The summed E-state index contributed by atoms with van der Waals surface area (Å²) in [6.07, 6.45) is 3.58. The molecule has 0 amide bonds. The Kier molecular flexibility index (Phi) is 12.5. The molecule has 0 saturated carbocycles. The fourth-order valence-electron chi connectivity index (χ4n) is 5.62. The Morgan fingerprint density at radius 1 is 0.975 bits per heavy atom. The van der Waals surface area contributed by atoms with E-state index in [2.05, 4.69) is 59.6 Å². The van der Waals surface area contributed by atoms with Crippen LogP contribution in [0.3, 0.4) is 0 Å². The second-order valence-electron chi connectivity index (χ2n) is 10.8. The van der Waals surface area contributed by atoms with E-state index in [0.29, 0.717) is 19.8 Å². The van der Waals surface area contributed by atoms with Gasteiger partial charge in [0.2, 0.25) is 0 Å². The minimum Gasteiger partial charge on any atom is -0.490 e. The van der Waals surface area contributed by atoms with E-state index in [9.17, 15) is 5.11 Å². The molecule has 1 fully saturated rings.